The summed E-state index contributed by atoms with van der Waals surface area (Å²) in [5.41, 5.74) is 0. The Balaban J connectivity index is 2.67. The lowest BCUT2D eigenvalue weighted by Crippen LogP contribution is -2.39. The van der Waals surface area contributed by atoms with Gasteiger partial charge in [-0.05, 0) is 24.4 Å². The molecule has 86 valence electrons. The molecule has 1 N–H and O–H groups in total. The Labute approximate surface area is 99.1 Å². The Bertz CT molecular complexity index is 332. The first-order valence-electron chi connectivity index (χ1n) is 4.95. The van der Waals surface area contributed by atoms with Gasteiger partial charge in [-0.3, -0.25) is 0 Å². The minimum Gasteiger partial charge on any atom is -0.437 e. The molecule has 0 fully saturated rings. The van der Waals surface area contributed by atoms with Gasteiger partial charge in [0.05, 0.1) is 4.88 Å². The van der Waals surface area contributed by atoms with Crippen LogP contribution in [-0.2, 0) is 0 Å². The Kier molecular flexibility index (Phi) is 5.31. The van der Waals surface area contributed by atoms with Crippen molar-refractivity contribution in [2.45, 2.75) is 12.9 Å². The predicted molar refractivity (Wildman–Crippen MR) is 66.3 cm³/mol. The molecular weight excluding hydrogens is 225 g/mol. The molecular formula is C9H14BN3O2S. The normalized spacial score (nSPS) is 12.4. The highest BCUT2D eigenvalue weighted by atomic mass is 32.1. The molecule has 0 radical (unpaired) electrons. The van der Waals surface area contributed by atoms with Gasteiger partial charge >= 0.3 is 7.05 Å². The van der Waals surface area contributed by atoms with Gasteiger partial charge < -0.3 is 9.83 Å². The monoisotopic (exact) mass is 239 g/mol. The van der Waals surface area contributed by atoms with Gasteiger partial charge in [0.15, 0.2) is 0 Å². The Morgan fingerprint density at radius 2 is 2.62 bits per heavy atom. The molecule has 1 atom stereocenters. The third kappa shape index (κ3) is 3.51. The van der Waals surface area contributed by atoms with Crippen LogP contribution in [-0.4, -0.2) is 34.3 Å². The summed E-state index contributed by atoms with van der Waals surface area (Å²) in [6.45, 7) is 6.15. The second kappa shape index (κ2) is 6.52. The fourth-order valence-electron chi connectivity index (χ4n) is 1.34. The fraction of sp³-hybridized carbons (Fsp3) is 0.444. The van der Waals surface area contributed by atoms with Gasteiger partial charge in [-0.15, -0.1) is 6.58 Å². The highest BCUT2D eigenvalue weighted by molar-refractivity contribution is 7.05. The third-order valence-corrected chi connectivity index (χ3v) is 3.06. The van der Waals surface area contributed by atoms with E-state index in [1.807, 2.05) is 0 Å². The van der Waals surface area contributed by atoms with Crippen LogP contribution < -0.4 is 0 Å². The molecule has 7 heteroatoms. The van der Waals surface area contributed by atoms with Gasteiger partial charge in [0, 0.05) is 19.3 Å². The van der Waals surface area contributed by atoms with Crippen LogP contribution in [0.3, 0.4) is 0 Å². The standard InChI is InChI=1S/C9H14BN3O2S/c1-3-6-13(10(2)14)7-8(12-15)9-4-5-11-16-9/h3-5,8,14H,1,6-7H2,2H3. The van der Waals surface area contributed by atoms with E-state index in [1.54, 1.807) is 30.0 Å². The van der Waals surface area contributed by atoms with E-state index < -0.39 is 13.1 Å². The van der Waals surface area contributed by atoms with Crippen molar-refractivity contribution in [2.24, 2.45) is 5.18 Å². The quantitative estimate of drug-likeness (QED) is 0.445. The molecule has 0 aliphatic carbocycles. The summed E-state index contributed by atoms with van der Waals surface area (Å²) in [7, 11) is -0.629. The lowest BCUT2D eigenvalue weighted by atomic mass is 9.84. The molecule has 0 aliphatic rings. The van der Waals surface area contributed by atoms with Crippen LogP contribution >= 0.6 is 11.5 Å². The molecule has 0 aliphatic heterocycles. The van der Waals surface area contributed by atoms with Gasteiger partial charge in [0.1, 0.15) is 6.04 Å². The number of aromatic nitrogens is 1. The number of nitroso groups, excluding NO2 is 1. The van der Waals surface area contributed by atoms with Crippen molar-refractivity contribution in [2.75, 3.05) is 13.1 Å². The molecule has 16 heavy (non-hydrogen) atoms. The van der Waals surface area contributed by atoms with Crippen LogP contribution in [0.2, 0.25) is 6.82 Å². The van der Waals surface area contributed by atoms with Crippen molar-refractivity contribution in [3.8, 4) is 0 Å². The van der Waals surface area contributed by atoms with E-state index in [2.05, 4.69) is 16.1 Å². The van der Waals surface area contributed by atoms with Crippen molar-refractivity contribution in [1.29, 1.82) is 0 Å². The van der Waals surface area contributed by atoms with E-state index in [9.17, 15) is 9.93 Å². The summed E-state index contributed by atoms with van der Waals surface area (Å²) in [5.74, 6) is 0. The second-order valence-electron chi connectivity index (χ2n) is 3.41. The highest BCUT2D eigenvalue weighted by Crippen LogP contribution is 2.21. The van der Waals surface area contributed by atoms with Crippen LogP contribution in [0.4, 0.5) is 0 Å². The molecule has 1 aromatic heterocycles. The third-order valence-electron chi connectivity index (χ3n) is 2.21. The van der Waals surface area contributed by atoms with Crippen LogP contribution in [0.1, 0.15) is 10.9 Å². The topological polar surface area (TPSA) is 65.8 Å². The zero-order valence-corrected chi connectivity index (χ0v) is 9.93. The molecule has 1 rings (SSSR count). The van der Waals surface area contributed by atoms with Gasteiger partial charge in [-0.25, -0.2) is 4.37 Å². The molecule has 5 nitrogen and oxygen atoms in total. The van der Waals surface area contributed by atoms with E-state index in [4.69, 9.17) is 0 Å². The summed E-state index contributed by atoms with van der Waals surface area (Å²) in [6, 6.07) is 1.28. The van der Waals surface area contributed by atoms with Gasteiger partial charge in [-0.1, -0.05) is 11.3 Å². The van der Waals surface area contributed by atoms with Crippen LogP contribution in [0.15, 0.2) is 30.1 Å². The van der Waals surface area contributed by atoms with E-state index in [0.29, 0.717) is 13.1 Å². The lowest BCUT2D eigenvalue weighted by Gasteiger charge is -2.23. The summed E-state index contributed by atoms with van der Waals surface area (Å²) in [5, 5.41) is 12.6. The molecule has 0 bridgehead atoms. The van der Waals surface area contributed by atoms with E-state index >= 15 is 0 Å². The molecule has 0 saturated heterocycles. The van der Waals surface area contributed by atoms with Crippen molar-refractivity contribution in [1.82, 2.24) is 9.18 Å². The fourth-order valence-corrected chi connectivity index (χ4v) is 1.94. The number of hydrogen-bond acceptors (Lipinski definition) is 6. The predicted octanol–water partition coefficient (Wildman–Crippen LogP) is 1.55. The maximum Gasteiger partial charge on any atom is 0.376 e. The minimum atomic E-state index is -0.629. The average molecular weight is 239 g/mol. The van der Waals surface area contributed by atoms with E-state index in [0.717, 1.165) is 4.88 Å². The number of rotatable bonds is 7. The molecule has 0 amide bonds. The number of nitrogens with zero attached hydrogens (tertiary/aromatic N) is 3. The minimum absolute atomic E-state index is 0.370. The molecule has 0 spiro atoms. The van der Waals surface area contributed by atoms with Crippen molar-refractivity contribution in [3.63, 3.8) is 0 Å². The summed E-state index contributed by atoms with van der Waals surface area (Å²) in [4.78, 5) is 13.3. The van der Waals surface area contributed by atoms with E-state index in [-0.39, 0.29) is 0 Å². The maximum absolute atomic E-state index is 10.8. The smallest absolute Gasteiger partial charge is 0.376 e. The zero-order valence-electron chi connectivity index (χ0n) is 9.11. The van der Waals surface area contributed by atoms with Crippen LogP contribution in [0, 0.1) is 4.91 Å². The molecule has 1 heterocycles. The summed E-state index contributed by atoms with van der Waals surface area (Å²) in [6.07, 6.45) is 3.32. The van der Waals surface area contributed by atoms with Crippen LogP contribution in [0.25, 0.3) is 0 Å². The zero-order chi connectivity index (χ0) is 12.0. The van der Waals surface area contributed by atoms with Crippen molar-refractivity contribution >= 4 is 18.6 Å². The van der Waals surface area contributed by atoms with Crippen molar-refractivity contribution < 1.29 is 5.02 Å². The Morgan fingerprint density at radius 3 is 3.06 bits per heavy atom. The van der Waals surface area contributed by atoms with Gasteiger partial charge in [0.2, 0.25) is 0 Å². The molecule has 1 aromatic rings. The van der Waals surface area contributed by atoms with Gasteiger partial charge in [0.25, 0.3) is 0 Å². The highest BCUT2D eigenvalue weighted by Gasteiger charge is 2.22. The molecule has 0 aromatic carbocycles. The Morgan fingerprint density at radius 1 is 1.88 bits per heavy atom. The van der Waals surface area contributed by atoms with Gasteiger partial charge in [-0.2, -0.15) is 4.91 Å². The van der Waals surface area contributed by atoms with E-state index in [1.165, 1.54) is 11.5 Å². The SMILES string of the molecule is C=CCN(CC(N=O)c1ccns1)B(C)O. The first-order chi connectivity index (χ1) is 7.69. The van der Waals surface area contributed by atoms with Crippen LogP contribution in [0.5, 0.6) is 0 Å². The second-order valence-corrected chi connectivity index (χ2v) is 4.28. The Hall–Kier alpha value is -1.05. The maximum atomic E-state index is 10.8. The first-order valence-corrected chi connectivity index (χ1v) is 5.72. The number of hydrogen-bond donors (Lipinski definition) is 1. The molecule has 1 unspecified atom stereocenters. The summed E-state index contributed by atoms with van der Waals surface area (Å²) >= 11 is 1.25. The first kappa shape index (κ1) is 13.0. The average Bonchev–Trinajstić information content (AvgIpc) is 2.77. The lowest BCUT2D eigenvalue weighted by molar-refractivity contribution is 0.372. The largest absolute Gasteiger partial charge is 0.437 e. The molecule has 0 saturated carbocycles. The van der Waals surface area contributed by atoms with Crippen molar-refractivity contribution in [3.05, 3.63) is 34.7 Å². The summed E-state index contributed by atoms with van der Waals surface area (Å²) < 4.78 is 3.93.